The molecule has 3 nitrogen and oxygen atoms in total. The molecule has 0 heterocycles. The van der Waals surface area contributed by atoms with E-state index in [0.717, 1.165) is 0 Å². The fourth-order valence-corrected chi connectivity index (χ4v) is 0.924. The average molecular weight is 267 g/mol. The van der Waals surface area contributed by atoms with Crippen molar-refractivity contribution in [3.8, 4) is 0 Å². The molecular formula is C8H11F6NO2. The highest BCUT2D eigenvalue weighted by Gasteiger charge is 2.60. The zero-order valence-corrected chi connectivity index (χ0v) is 8.69. The number of carbonyl (C=O) groups excluding carboxylic acids is 1. The average Bonchev–Trinajstić information content (AvgIpc) is 2.09. The number of nitrogens with one attached hydrogen (secondary N) is 1. The highest BCUT2D eigenvalue weighted by molar-refractivity contribution is 5.80. The molecule has 1 unspecified atom stereocenters. The van der Waals surface area contributed by atoms with Gasteiger partial charge in [-0.25, -0.2) is 0 Å². The SMILES string of the molecule is CC(CO)CNC(=O)C(C(F)(F)F)C(F)(F)F. The fraction of sp³-hybridized carbons (Fsp3) is 0.875. The smallest absolute Gasteiger partial charge is 0.396 e. The first-order chi connectivity index (χ1) is 7.50. The Balaban J connectivity index is 4.69. The highest BCUT2D eigenvalue weighted by Crippen LogP contribution is 2.39. The molecule has 0 radical (unpaired) electrons. The molecule has 1 atom stereocenters. The zero-order chi connectivity index (χ0) is 13.9. The molecule has 0 aromatic rings. The predicted octanol–water partition coefficient (Wildman–Crippen LogP) is 1.47. The third-order valence-corrected chi connectivity index (χ3v) is 1.85. The van der Waals surface area contributed by atoms with Crippen molar-refractivity contribution in [2.45, 2.75) is 19.3 Å². The molecule has 17 heavy (non-hydrogen) atoms. The van der Waals surface area contributed by atoms with Crippen LogP contribution in [-0.4, -0.2) is 36.5 Å². The van der Waals surface area contributed by atoms with Crippen LogP contribution in [0.4, 0.5) is 26.3 Å². The molecule has 0 spiro atoms. The molecule has 102 valence electrons. The maximum absolute atomic E-state index is 12.0. The van der Waals surface area contributed by atoms with E-state index in [2.05, 4.69) is 0 Å². The van der Waals surface area contributed by atoms with Crippen molar-refractivity contribution in [2.24, 2.45) is 11.8 Å². The van der Waals surface area contributed by atoms with Crippen LogP contribution in [0.5, 0.6) is 0 Å². The van der Waals surface area contributed by atoms with E-state index in [1.165, 1.54) is 12.2 Å². The summed E-state index contributed by atoms with van der Waals surface area (Å²) in [6.45, 7) is 0.442. The Labute approximate surface area is 92.8 Å². The van der Waals surface area contributed by atoms with Crippen LogP contribution in [0.3, 0.4) is 0 Å². The second kappa shape index (κ2) is 5.56. The van der Waals surface area contributed by atoms with E-state index >= 15 is 0 Å². The number of hydrogen-bond acceptors (Lipinski definition) is 2. The van der Waals surface area contributed by atoms with Gasteiger partial charge in [0.2, 0.25) is 11.8 Å². The maximum Gasteiger partial charge on any atom is 0.409 e. The van der Waals surface area contributed by atoms with Crippen molar-refractivity contribution >= 4 is 5.91 Å². The number of carbonyl (C=O) groups is 1. The minimum atomic E-state index is -5.69. The summed E-state index contributed by atoms with van der Waals surface area (Å²) < 4.78 is 72.3. The van der Waals surface area contributed by atoms with E-state index in [4.69, 9.17) is 5.11 Å². The lowest BCUT2D eigenvalue weighted by Crippen LogP contribution is -2.48. The Morgan fingerprint density at radius 3 is 1.88 bits per heavy atom. The van der Waals surface area contributed by atoms with Gasteiger partial charge in [-0.3, -0.25) is 4.79 Å². The van der Waals surface area contributed by atoms with E-state index in [9.17, 15) is 31.1 Å². The minimum absolute atomic E-state index is 0.455. The molecule has 0 aliphatic carbocycles. The van der Waals surface area contributed by atoms with Gasteiger partial charge in [-0.1, -0.05) is 6.92 Å². The summed E-state index contributed by atoms with van der Waals surface area (Å²) in [6, 6.07) is 0. The maximum atomic E-state index is 12.0. The van der Waals surface area contributed by atoms with Gasteiger partial charge in [0.25, 0.3) is 0 Å². The van der Waals surface area contributed by atoms with E-state index in [1.807, 2.05) is 0 Å². The molecule has 1 amide bonds. The Bertz CT molecular complexity index is 248. The van der Waals surface area contributed by atoms with Gasteiger partial charge in [0.1, 0.15) is 0 Å². The van der Waals surface area contributed by atoms with Gasteiger partial charge in [-0.2, -0.15) is 26.3 Å². The van der Waals surface area contributed by atoms with Crippen LogP contribution >= 0.6 is 0 Å². The third-order valence-electron chi connectivity index (χ3n) is 1.85. The van der Waals surface area contributed by atoms with Crippen molar-refractivity contribution in [1.82, 2.24) is 5.32 Å². The van der Waals surface area contributed by atoms with Gasteiger partial charge in [0.05, 0.1) is 0 Å². The summed E-state index contributed by atoms with van der Waals surface area (Å²) in [5.74, 6) is -6.83. The van der Waals surface area contributed by atoms with Gasteiger partial charge in [-0.05, 0) is 5.92 Å². The lowest BCUT2D eigenvalue weighted by atomic mass is 10.1. The molecule has 2 N–H and O–H groups in total. The van der Waals surface area contributed by atoms with Crippen LogP contribution in [0.15, 0.2) is 0 Å². The molecule has 0 fully saturated rings. The summed E-state index contributed by atoms with van der Waals surface area (Å²) in [4.78, 5) is 10.8. The monoisotopic (exact) mass is 267 g/mol. The molecule has 9 heteroatoms. The van der Waals surface area contributed by atoms with Crippen molar-refractivity contribution in [1.29, 1.82) is 0 Å². The first-order valence-corrected chi connectivity index (χ1v) is 4.52. The summed E-state index contributed by atoms with van der Waals surface area (Å²) in [7, 11) is 0. The number of halogens is 6. The lowest BCUT2D eigenvalue weighted by molar-refractivity contribution is -0.274. The molecule has 0 rings (SSSR count). The summed E-state index contributed by atoms with van der Waals surface area (Å²) >= 11 is 0. The molecule has 0 aliphatic rings. The standard InChI is InChI=1S/C8H11F6NO2/c1-4(3-16)2-15-6(17)5(7(9,10)11)8(12,13)14/h4-5,16H,2-3H2,1H3,(H,15,17). The third kappa shape index (κ3) is 5.24. The topological polar surface area (TPSA) is 49.3 Å². The normalized spacial score (nSPS) is 14.9. The molecule has 0 saturated carbocycles. The van der Waals surface area contributed by atoms with E-state index in [0.29, 0.717) is 0 Å². The van der Waals surface area contributed by atoms with Crippen molar-refractivity contribution in [2.75, 3.05) is 13.2 Å². The van der Waals surface area contributed by atoms with E-state index in [-0.39, 0.29) is 0 Å². The first kappa shape index (κ1) is 16.0. The second-order valence-corrected chi connectivity index (χ2v) is 3.55. The summed E-state index contributed by atoms with van der Waals surface area (Å²) in [6.07, 6.45) is -11.4. The van der Waals surface area contributed by atoms with Crippen LogP contribution < -0.4 is 5.32 Å². The predicted molar refractivity (Wildman–Crippen MR) is 44.9 cm³/mol. The molecule has 0 aromatic carbocycles. The molecule has 0 aliphatic heterocycles. The van der Waals surface area contributed by atoms with Crippen LogP contribution in [0.2, 0.25) is 0 Å². The number of hydrogen-bond donors (Lipinski definition) is 2. The number of rotatable bonds is 4. The molecule has 0 bridgehead atoms. The van der Waals surface area contributed by atoms with Crippen LogP contribution in [0.25, 0.3) is 0 Å². The van der Waals surface area contributed by atoms with Crippen molar-refractivity contribution < 1.29 is 36.2 Å². The minimum Gasteiger partial charge on any atom is -0.396 e. The van der Waals surface area contributed by atoms with Gasteiger partial charge < -0.3 is 10.4 Å². The van der Waals surface area contributed by atoms with Crippen molar-refractivity contribution in [3.63, 3.8) is 0 Å². The fourth-order valence-electron chi connectivity index (χ4n) is 0.924. The Morgan fingerprint density at radius 1 is 1.18 bits per heavy atom. The van der Waals surface area contributed by atoms with Crippen LogP contribution in [0.1, 0.15) is 6.92 Å². The largest absolute Gasteiger partial charge is 0.409 e. The highest BCUT2D eigenvalue weighted by atomic mass is 19.4. The van der Waals surface area contributed by atoms with Gasteiger partial charge in [0.15, 0.2) is 0 Å². The number of amides is 1. The summed E-state index contributed by atoms with van der Waals surface area (Å²) in [5, 5.41) is 10.0. The van der Waals surface area contributed by atoms with Gasteiger partial charge in [-0.15, -0.1) is 0 Å². The van der Waals surface area contributed by atoms with Crippen LogP contribution in [-0.2, 0) is 4.79 Å². The van der Waals surface area contributed by atoms with Gasteiger partial charge >= 0.3 is 12.4 Å². The quantitative estimate of drug-likeness (QED) is 0.758. The van der Waals surface area contributed by atoms with Crippen molar-refractivity contribution in [3.05, 3.63) is 0 Å². The zero-order valence-electron chi connectivity index (χ0n) is 8.69. The molecular weight excluding hydrogens is 256 g/mol. The van der Waals surface area contributed by atoms with Crippen LogP contribution in [0, 0.1) is 11.8 Å². The van der Waals surface area contributed by atoms with E-state index in [1.54, 1.807) is 0 Å². The number of aliphatic hydroxyl groups excluding tert-OH is 1. The second-order valence-electron chi connectivity index (χ2n) is 3.55. The molecule has 0 saturated heterocycles. The lowest BCUT2D eigenvalue weighted by Gasteiger charge is -2.22. The summed E-state index contributed by atoms with van der Waals surface area (Å²) in [5.41, 5.74) is 0. The first-order valence-electron chi connectivity index (χ1n) is 4.52. The van der Waals surface area contributed by atoms with E-state index < -0.39 is 43.2 Å². The Hall–Kier alpha value is -0.990. The Morgan fingerprint density at radius 2 is 1.59 bits per heavy atom. The van der Waals surface area contributed by atoms with Gasteiger partial charge in [0, 0.05) is 13.2 Å². The Kier molecular flexibility index (Phi) is 5.24. The number of aliphatic hydroxyl groups is 1. The number of alkyl halides is 6. The molecule has 0 aromatic heterocycles.